The third-order valence-corrected chi connectivity index (χ3v) is 7.46. The van der Waals surface area contributed by atoms with Gasteiger partial charge < -0.3 is 0 Å². The highest BCUT2D eigenvalue weighted by Crippen LogP contribution is 2.25. The van der Waals surface area contributed by atoms with Gasteiger partial charge in [0.1, 0.15) is 0 Å². The minimum Gasteiger partial charge on any atom is -0.208 e. The van der Waals surface area contributed by atoms with Crippen molar-refractivity contribution in [1.82, 2.24) is 29.9 Å². The van der Waals surface area contributed by atoms with Crippen LogP contribution in [0.5, 0.6) is 0 Å². The molecule has 0 aliphatic carbocycles. The minimum absolute atomic E-state index is 0.684. The molecule has 6 aromatic carbocycles. The zero-order valence-electron chi connectivity index (χ0n) is 26.0. The second-order valence-electron chi connectivity index (χ2n) is 10.8. The monoisotopic (exact) mass is 618 g/mol. The summed E-state index contributed by atoms with van der Waals surface area (Å²) in [4.78, 5) is 28.1. The first-order chi connectivity index (χ1) is 23.8. The molecular formula is C42H30N6. The number of hydrogen-bond donors (Lipinski definition) is 0. The third-order valence-electron chi connectivity index (χ3n) is 7.46. The van der Waals surface area contributed by atoms with E-state index >= 15 is 0 Å². The van der Waals surface area contributed by atoms with Crippen molar-refractivity contribution in [2.24, 2.45) is 0 Å². The van der Waals surface area contributed by atoms with Crippen LogP contribution in [0.2, 0.25) is 0 Å². The van der Waals surface area contributed by atoms with Crippen LogP contribution in [0.3, 0.4) is 0 Å². The lowest BCUT2D eigenvalue weighted by molar-refractivity contribution is 1.07. The molecule has 0 bridgehead atoms. The lowest BCUT2D eigenvalue weighted by atomic mass is 10.1. The normalized spacial score (nSPS) is 10.5. The van der Waals surface area contributed by atoms with Gasteiger partial charge in [0.05, 0.1) is 0 Å². The van der Waals surface area contributed by atoms with Crippen LogP contribution in [-0.2, 0) is 0 Å². The molecule has 0 aliphatic rings. The Morgan fingerprint density at radius 2 is 0.292 bits per heavy atom. The van der Waals surface area contributed by atoms with Gasteiger partial charge in [-0.25, -0.2) is 29.9 Å². The second-order valence-corrected chi connectivity index (χ2v) is 10.8. The van der Waals surface area contributed by atoms with Crippen LogP contribution >= 0.6 is 0 Å². The molecule has 0 amide bonds. The maximum atomic E-state index is 4.68. The van der Waals surface area contributed by atoms with Crippen molar-refractivity contribution in [3.05, 3.63) is 182 Å². The number of nitrogens with zero attached hydrogens (tertiary/aromatic N) is 6. The topological polar surface area (TPSA) is 77.3 Å². The fourth-order valence-electron chi connectivity index (χ4n) is 5.05. The van der Waals surface area contributed by atoms with E-state index in [-0.39, 0.29) is 0 Å². The van der Waals surface area contributed by atoms with E-state index in [0.717, 1.165) is 33.4 Å². The Hall–Kier alpha value is -6.66. The van der Waals surface area contributed by atoms with Crippen LogP contribution < -0.4 is 0 Å². The predicted octanol–water partition coefficient (Wildman–Crippen LogP) is 9.75. The van der Waals surface area contributed by atoms with E-state index in [2.05, 4.69) is 29.9 Å². The van der Waals surface area contributed by atoms with Crippen molar-refractivity contribution in [3.8, 4) is 68.3 Å². The van der Waals surface area contributed by atoms with Gasteiger partial charge >= 0.3 is 0 Å². The summed E-state index contributed by atoms with van der Waals surface area (Å²) in [6, 6.07) is 60.0. The molecule has 0 fully saturated rings. The molecular weight excluding hydrogens is 589 g/mol. The average Bonchev–Trinajstić information content (AvgIpc) is 3.20. The van der Waals surface area contributed by atoms with Crippen molar-refractivity contribution in [2.45, 2.75) is 0 Å². The van der Waals surface area contributed by atoms with Crippen LogP contribution in [0.25, 0.3) is 68.3 Å². The molecule has 0 radical (unpaired) electrons. The molecule has 2 heterocycles. The summed E-state index contributed by atoms with van der Waals surface area (Å²) in [6.07, 6.45) is 0. The second kappa shape index (κ2) is 14.6. The largest absolute Gasteiger partial charge is 0.208 e. The highest BCUT2D eigenvalue weighted by Gasteiger charge is 2.13. The molecule has 8 rings (SSSR count). The highest BCUT2D eigenvalue weighted by atomic mass is 15.0. The molecule has 0 atom stereocenters. The first-order valence-corrected chi connectivity index (χ1v) is 15.6. The van der Waals surface area contributed by atoms with Crippen LogP contribution in [0.4, 0.5) is 0 Å². The summed E-state index contributed by atoms with van der Waals surface area (Å²) in [6.45, 7) is 0. The van der Waals surface area contributed by atoms with Gasteiger partial charge in [0, 0.05) is 33.4 Å². The molecule has 0 N–H and O–H groups in total. The van der Waals surface area contributed by atoms with Gasteiger partial charge in [-0.15, -0.1) is 0 Å². The van der Waals surface area contributed by atoms with E-state index in [0.29, 0.717) is 34.9 Å². The first-order valence-electron chi connectivity index (χ1n) is 15.6. The Kier molecular flexibility index (Phi) is 9.15. The highest BCUT2D eigenvalue weighted by molar-refractivity contribution is 5.67. The summed E-state index contributed by atoms with van der Waals surface area (Å²) in [5, 5.41) is 0. The van der Waals surface area contributed by atoms with Gasteiger partial charge in [-0.05, 0) is 0 Å². The zero-order valence-corrected chi connectivity index (χ0v) is 26.0. The number of rotatable bonds is 6. The van der Waals surface area contributed by atoms with Crippen molar-refractivity contribution in [3.63, 3.8) is 0 Å². The molecule has 2 aromatic heterocycles. The molecule has 48 heavy (non-hydrogen) atoms. The maximum Gasteiger partial charge on any atom is 0.164 e. The molecule has 0 aliphatic heterocycles. The van der Waals surface area contributed by atoms with Crippen molar-refractivity contribution < 1.29 is 0 Å². The van der Waals surface area contributed by atoms with E-state index in [1.165, 1.54) is 0 Å². The van der Waals surface area contributed by atoms with Gasteiger partial charge in [-0.1, -0.05) is 182 Å². The summed E-state index contributed by atoms with van der Waals surface area (Å²) < 4.78 is 0. The Labute approximate surface area is 279 Å². The van der Waals surface area contributed by atoms with E-state index in [4.69, 9.17) is 0 Å². The molecule has 8 aromatic rings. The van der Waals surface area contributed by atoms with Crippen LogP contribution in [0.1, 0.15) is 0 Å². The molecule has 0 spiro atoms. The van der Waals surface area contributed by atoms with Crippen molar-refractivity contribution in [2.75, 3.05) is 0 Å². The quantitative estimate of drug-likeness (QED) is 0.185. The van der Waals surface area contributed by atoms with Gasteiger partial charge in [-0.2, -0.15) is 0 Å². The predicted molar refractivity (Wildman–Crippen MR) is 192 cm³/mol. The fraction of sp³-hybridized carbons (Fsp3) is 0. The summed E-state index contributed by atoms with van der Waals surface area (Å²) >= 11 is 0. The smallest absolute Gasteiger partial charge is 0.164 e. The molecule has 0 saturated heterocycles. The number of benzene rings is 6. The molecule has 228 valence electrons. The van der Waals surface area contributed by atoms with E-state index in [1.54, 1.807) is 0 Å². The van der Waals surface area contributed by atoms with Gasteiger partial charge in [0.25, 0.3) is 0 Å². The third kappa shape index (κ3) is 7.25. The van der Waals surface area contributed by atoms with Gasteiger partial charge in [0.15, 0.2) is 34.9 Å². The Balaban J connectivity index is 0.000000152. The molecule has 6 heteroatoms. The first kappa shape index (κ1) is 30.0. The number of aromatic nitrogens is 6. The van der Waals surface area contributed by atoms with Gasteiger partial charge in [-0.3, -0.25) is 0 Å². The van der Waals surface area contributed by atoms with Crippen molar-refractivity contribution in [1.29, 1.82) is 0 Å². The standard InChI is InChI=1S/2C21H15N3/c2*1-4-10-16(11-5-1)19-22-20(17-12-6-2-7-13-17)24-21(23-19)18-14-8-3-9-15-18/h2*1-15H. The Morgan fingerprint density at radius 1 is 0.167 bits per heavy atom. The molecule has 0 saturated carbocycles. The SMILES string of the molecule is c1ccc(-c2nc(-c3ccccc3)nc(-c3ccccc3)n2)cc1.c1ccc(-c2nc(-c3ccccc3)nc(-c3ccccc3)n2)cc1. The summed E-state index contributed by atoms with van der Waals surface area (Å²) in [5.41, 5.74) is 5.88. The van der Waals surface area contributed by atoms with E-state index < -0.39 is 0 Å². The molecule has 0 unspecified atom stereocenters. The lowest BCUT2D eigenvalue weighted by Crippen LogP contribution is -1.99. The van der Waals surface area contributed by atoms with Crippen LogP contribution in [0.15, 0.2) is 182 Å². The Morgan fingerprint density at radius 3 is 0.417 bits per heavy atom. The number of hydrogen-bond acceptors (Lipinski definition) is 6. The average molecular weight is 619 g/mol. The van der Waals surface area contributed by atoms with Crippen LogP contribution in [0, 0.1) is 0 Å². The van der Waals surface area contributed by atoms with Crippen molar-refractivity contribution >= 4 is 0 Å². The zero-order chi connectivity index (χ0) is 32.4. The van der Waals surface area contributed by atoms with E-state index in [9.17, 15) is 0 Å². The minimum atomic E-state index is 0.684. The van der Waals surface area contributed by atoms with Gasteiger partial charge in [0.2, 0.25) is 0 Å². The fourth-order valence-corrected chi connectivity index (χ4v) is 5.05. The molecule has 6 nitrogen and oxygen atoms in total. The Bertz CT molecular complexity index is 1760. The maximum absolute atomic E-state index is 4.68. The summed E-state index contributed by atoms with van der Waals surface area (Å²) in [7, 11) is 0. The lowest BCUT2D eigenvalue weighted by Gasteiger charge is -2.08. The van der Waals surface area contributed by atoms with E-state index in [1.807, 2.05) is 182 Å². The van der Waals surface area contributed by atoms with Crippen LogP contribution in [-0.4, -0.2) is 29.9 Å². The summed E-state index contributed by atoms with van der Waals surface area (Å²) in [5.74, 6) is 4.10.